The molecule has 0 aliphatic heterocycles. The first-order valence-electron chi connectivity index (χ1n) is 11.0. The van der Waals surface area contributed by atoms with Gasteiger partial charge in [-0.2, -0.15) is 13.2 Å². The molecule has 0 saturated carbocycles. The molecule has 0 radical (unpaired) electrons. The SMILES string of the molecule is CC(C)CCn1cnc2c1c(=O)n(Cc1cccc(C(F)(F)F)c1)c(=O)n2Cc1ccccc1. The second kappa shape index (κ2) is 9.32. The quantitative estimate of drug-likeness (QED) is 0.399. The Balaban J connectivity index is 1.88. The number of hydrogen-bond donors (Lipinski definition) is 0. The third-order valence-electron chi connectivity index (χ3n) is 5.71. The van der Waals surface area contributed by atoms with Crippen molar-refractivity contribution in [3.8, 4) is 0 Å². The predicted octanol–water partition coefficient (Wildman–Crippen LogP) is 4.52. The van der Waals surface area contributed by atoms with Crippen molar-refractivity contribution >= 4 is 11.2 Å². The Morgan fingerprint density at radius 2 is 1.59 bits per heavy atom. The first-order chi connectivity index (χ1) is 16.1. The van der Waals surface area contributed by atoms with Gasteiger partial charge in [0.05, 0.1) is 25.0 Å². The minimum absolute atomic E-state index is 0.181. The van der Waals surface area contributed by atoms with Gasteiger partial charge in [0.15, 0.2) is 11.2 Å². The molecule has 0 aliphatic rings. The van der Waals surface area contributed by atoms with E-state index in [0.717, 1.165) is 28.7 Å². The number of hydrogen-bond acceptors (Lipinski definition) is 3. The van der Waals surface area contributed by atoms with E-state index in [1.165, 1.54) is 16.7 Å². The second-order valence-corrected chi connectivity index (χ2v) is 8.74. The van der Waals surface area contributed by atoms with Crippen molar-refractivity contribution in [1.29, 1.82) is 0 Å². The number of nitrogens with zero attached hydrogens (tertiary/aromatic N) is 4. The van der Waals surface area contributed by atoms with Crippen molar-refractivity contribution in [2.24, 2.45) is 5.92 Å². The Morgan fingerprint density at radius 1 is 0.912 bits per heavy atom. The number of aryl methyl sites for hydroxylation is 1. The first-order valence-corrected chi connectivity index (χ1v) is 11.0. The van der Waals surface area contributed by atoms with Gasteiger partial charge in [0, 0.05) is 6.54 Å². The van der Waals surface area contributed by atoms with Gasteiger partial charge < -0.3 is 4.57 Å². The zero-order valence-corrected chi connectivity index (χ0v) is 18.9. The summed E-state index contributed by atoms with van der Waals surface area (Å²) in [6.45, 7) is 4.57. The molecule has 2 heterocycles. The summed E-state index contributed by atoms with van der Waals surface area (Å²) in [5.74, 6) is 0.389. The summed E-state index contributed by atoms with van der Waals surface area (Å²) in [6.07, 6.45) is -2.17. The average molecular weight is 470 g/mol. The zero-order chi connectivity index (χ0) is 24.5. The monoisotopic (exact) mass is 470 g/mol. The molecule has 0 spiro atoms. The van der Waals surface area contributed by atoms with Crippen molar-refractivity contribution in [3.63, 3.8) is 0 Å². The van der Waals surface area contributed by atoms with Crippen molar-refractivity contribution in [3.05, 3.63) is 98.5 Å². The summed E-state index contributed by atoms with van der Waals surface area (Å²) in [7, 11) is 0. The van der Waals surface area contributed by atoms with Crippen LogP contribution in [0.5, 0.6) is 0 Å². The number of benzene rings is 2. The molecule has 4 aromatic rings. The summed E-state index contributed by atoms with van der Waals surface area (Å²) >= 11 is 0. The van der Waals surface area contributed by atoms with Crippen molar-refractivity contribution in [2.45, 2.75) is 46.1 Å². The van der Waals surface area contributed by atoms with E-state index in [2.05, 4.69) is 18.8 Å². The van der Waals surface area contributed by atoms with Gasteiger partial charge >= 0.3 is 11.9 Å². The largest absolute Gasteiger partial charge is 0.416 e. The van der Waals surface area contributed by atoms with Crippen LogP contribution in [0.3, 0.4) is 0 Å². The molecule has 0 unspecified atom stereocenters. The molecule has 0 amide bonds. The van der Waals surface area contributed by atoms with Gasteiger partial charge in [-0.05, 0) is 35.6 Å². The van der Waals surface area contributed by atoms with Gasteiger partial charge in [0.25, 0.3) is 5.56 Å². The lowest BCUT2D eigenvalue weighted by molar-refractivity contribution is -0.137. The minimum Gasteiger partial charge on any atom is -0.325 e. The fourth-order valence-corrected chi connectivity index (χ4v) is 3.88. The number of aromatic nitrogens is 4. The van der Waals surface area contributed by atoms with Crippen LogP contribution in [0.2, 0.25) is 0 Å². The maximum Gasteiger partial charge on any atom is 0.416 e. The number of fused-ring (bicyclic) bond motifs is 1. The van der Waals surface area contributed by atoms with Gasteiger partial charge in [-0.1, -0.05) is 56.3 Å². The highest BCUT2D eigenvalue weighted by Gasteiger charge is 2.30. The van der Waals surface area contributed by atoms with Crippen molar-refractivity contribution in [1.82, 2.24) is 18.7 Å². The minimum atomic E-state index is -4.52. The van der Waals surface area contributed by atoms with Gasteiger partial charge in [-0.25, -0.2) is 9.78 Å². The fraction of sp³-hybridized carbons (Fsp3) is 0.320. The summed E-state index contributed by atoms with van der Waals surface area (Å²) in [6, 6.07) is 13.9. The van der Waals surface area contributed by atoms with E-state index in [1.54, 1.807) is 10.9 Å². The summed E-state index contributed by atoms with van der Waals surface area (Å²) < 4.78 is 43.7. The van der Waals surface area contributed by atoms with E-state index in [4.69, 9.17) is 0 Å². The number of rotatable bonds is 7. The van der Waals surface area contributed by atoms with Crippen LogP contribution in [0.4, 0.5) is 13.2 Å². The predicted molar refractivity (Wildman–Crippen MR) is 124 cm³/mol. The van der Waals surface area contributed by atoms with E-state index in [1.807, 2.05) is 30.3 Å². The highest BCUT2D eigenvalue weighted by atomic mass is 19.4. The Hall–Kier alpha value is -3.62. The van der Waals surface area contributed by atoms with E-state index < -0.39 is 23.0 Å². The standard InChI is InChI=1S/C25H25F3N4O2/c1-17(2)11-12-30-16-29-22-21(30)23(33)32(15-19-9-6-10-20(13-19)25(26,27)28)24(34)31(22)14-18-7-4-3-5-8-18/h3-10,13,16-17H,11-12,14-15H2,1-2H3. The lowest BCUT2D eigenvalue weighted by atomic mass is 10.1. The molecule has 2 aromatic heterocycles. The van der Waals surface area contributed by atoms with Gasteiger partial charge in [-0.15, -0.1) is 0 Å². The van der Waals surface area contributed by atoms with Gasteiger partial charge in [0.2, 0.25) is 0 Å². The molecule has 2 aromatic carbocycles. The Kier molecular flexibility index (Phi) is 6.45. The average Bonchev–Trinajstić information content (AvgIpc) is 3.22. The normalized spacial score (nSPS) is 12.1. The molecule has 34 heavy (non-hydrogen) atoms. The molecular formula is C25H25F3N4O2. The summed E-state index contributed by atoms with van der Waals surface area (Å²) in [5.41, 5.74) is -0.424. The van der Waals surface area contributed by atoms with E-state index >= 15 is 0 Å². The highest BCUT2D eigenvalue weighted by Crippen LogP contribution is 2.29. The highest BCUT2D eigenvalue weighted by molar-refractivity contribution is 5.70. The molecule has 0 bridgehead atoms. The first kappa shape index (κ1) is 23.5. The topological polar surface area (TPSA) is 61.8 Å². The molecule has 9 heteroatoms. The molecule has 0 fully saturated rings. The summed E-state index contributed by atoms with van der Waals surface area (Å²) in [5, 5.41) is 0. The third kappa shape index (κ3) is 4.83. The molecule has 178 valence electrons. The fourth-order valence-electron chi connectivity index (χ4n) is 3.88. The Labute approximate surface area is 193 Å². The molecule has 0 aliphatic carbocycles. The van der Waals surface area contributed by atoms with E-state index in [9.17, 15) is 22.8 Å². The molecule has 0 saturated heterocycles. The van der Waals surface area contributed by atoms with Crippen LogP contribution in [0, 0.1) is 5.92 Å². The van der Waals surface area contributed by atoms with Crippen molar-refractivity contribution in [2.75, 3.05) is 0 Å². The van der Waals surface area contributed by atoms with Crippen LogP contribution in [-0.2, 0) is 25.8 Å². The molecule has 0 N–H and O–H groups in total. The van der Waals surface area contributed by atoms with Crippen LogP contribution >= 0.6 is 0 Å². The number of alkyl halides is 3. The van der Waals surface area contributed by atoms with Crippen LogP contribution in [0.15, 0.2) is 70.5 Å². The third-order valence-corrected chi connectivity index (χ3v) is 5.71. The maximum absolute atomic E-state index is 13.4. The van der Waals surface area contributed by atoms with Crippen LogP contribution in [-0.4, -0.2) is 18.7 Å². The second-order valence-electron chi connectivity index (χ2n) is 8.74. The maximum atomic E-state index is 13.4. The molecular weight excluding hydrogens is 445 g/mol. The van der Waals surface area contributed by atoms with Crippen LogP contribution in [0.25, 0.3) is 11.2 Å². The Morgan fingerprint density at radius 3 is 2.26 bits per heavy atom. The lowest BCUT2D eigenvalue weighted by Crippen LogP contribution is -2.41. The van der Waals surface area contributed by atoms with Gasteiger partial charge in [0.1, 0.15) is 0 Å². The van der Waals surface area contributed by atoms with E-state index in [0.29, 0.717) is 12.5 Å². The van der Waals surface area contributed by atoms with Gasteiger partial charge in [-0.3, -0.25) is 13.9 Å². The zero-order valence-electron chi connectivity index (χ0n) is 18.9. The lowest BCUT2D eigenvalue weighted by Gasteiger charge is -2.14. The molecule has 4 rings (SSSR count). The van der Waals surface area contributed by atoms with Crippen LogP contribution in [0.1, 0.15) is 37.0 Å². The number of halogens is 3. The van der Waals surface area contributed by atoms with Crippen LogP contribution < -0.4 is 11.2 Å². The Bertz CT molecular complexity index is 1420. The molecule has 0 atom stereocenters. The number of imidazole rings is 1. The molecule has 6 nitrogen and oxygen atoms in total. The van der Waals surface area contributed by atoms with Crippen molar-refractivity contribution < 1.29 is 13.2 Å². The smallest absolute Gasteiger partial charge is 0.325 e. The van der Waals surface area contributed by atoms with E-state index in [-0.39, 0.29) is 29.8 Å². The summed E-state index contributed by atoms with van der Waals surface area (Å²) in [4.78, 5) is 31.2.